The van der Waals surface area contributed by atoms with E-state index in [9.17, 15) is 14.9 Å². The van der Waals surface area contributed by atoms with Gasteiger partial charge in [0.2, 0.25) is 0 Å². The second-order valence-corrected chi connectivity index (χ2v) is 5.58. The highest BCUT2D eigenvalue weighted by atomic mass is 32.2. The van der Waals surface area contributed by atoms with Crippen LogP contribution < -0.4 is 0 Å². The van der Waals surface area contributed by atoms with Crippen LogP contribution in [0.5, 0.6) is 0 Å². The first kappa shape index (κ1) is 13.8. The third-order valence-corrected chi connectivity index (χ3v) is 4.45. The molecule has 0 radical (unpaired) electrons. The molecule has 0 spiro atoms. The maximum atomic E-state index is 11.1. The summed E-state index contributed by atoms with van der Waals surface area (Å²) in [5, 5.41) is 20.1. The van der Waals surface area contributed by atoms with Gasteiger partial charge in [0.15, 0.2) is 0 Å². The molecule has 1 saturated carbocycles. The Bertz CT molecular complexity index is 501. The summed E-state index contributed by atoms with van der Waals surface area (Å²) < 4.78 is 0. The lowest BCUT2D eigenvalue weighted by atomic mass is 10.1. The summed E-state index contributed by atoms with van der Waals surface area (Å²) in [5.41, 5.74) is -0.375. The zero-order chi connectivity index (χ0) is 13.8. The number of nitrogens with zero attached hydrogens (tertiary/aromatic N) is 2. The second kappa shape index (κ2) is 6.01. The molecule has 1 aromatic rings. The Morgan fingerprint density at radius 3 is 2.79 bits per heavy atom. The Morgan fingerprint density at radius 1 is 1.53 bits per heavy atom. The van der Waals surface area contributed by atoms with Crippen LogP contribution in [-0.2, 0) is 0 Å². The lowest BCUT2D eigenvalue weighted by molar-refractivity contribution is -0.385. The molecule has 2 rings (SSSR count). The minimum Gasteiger partial charge on any atom is -0.478 e. The van der Waals surface area contributed by atoms with E-state index in [1.165, 1.54) is 37.4 Å². The van der Waals surface area contributed by atoms with E-state index in [0.717, 1.165) is 18.0 Å². The zero-order valence-electron chi connectivity index (χ0n) is 10.2. The van der Waals surface area contributed by atoms with Crippen LogP contribution in [0.3, 0.4) is 0 Å². The summed E-state index contributed by atoms with van der Waals surface area (Å²) in [4.78, 5) is 25.0. The smallest absolute Gasteiger partial charge is 0.338 e. The molecule has 1 heterocycles. The molecule has 1 aromatic heterocycles. The van der Waals surface area contributed by atoms with Crippen molar-refractivity contribution in [2.75, 3.05) is 5.75 Å². The van der Waals surface area contributed by atoms with E-state index in [1.54, 1.807) is 0 Å². The van der Waals surface area contributed by atoms with E-state index in [0.29, 0.717) is 10.9 Å². The Kier molecular flexibility index (Phi) is 4.36. The van der Waals surface area contributed by atoms with Crippen molar-refractivity contribution in [3.63, 3.8) is 0 Å². The molecule has 1 aliphatic carbocycles. The fourth-order valence-corrected chi connectivity index (χ4v) is 3.34. The van der Waals surface area contributed by atoms with Crippen molar-refractivity contribution in [1.82, 2.24) is 4.98 Å². The van der Waals surface area contributed by atoms with Crippen molar-refractivity contribution in [2.45, 2.75) is 30.7 Å². The molecule has 102 valence electrons. The SMILES string of the molecule is O=C(O)c1cc([N+](=O)[O-])cnc1SCC1CCCC1. The maximum absolute atomic E-state index is 11.1. The lowest BCUT2D eigenvalue weighted by Gasteiger charge is -2.09. The number of aromatic nitrogens is 1. The molecule has 19 heavy (non-hydrogen) atoms. The Hall–Kier alpha value is -1.63. The summed E-state index contributed by atoms with van der Waals surface area (Å²) in [6.45, 7) is 0. The minimum atomic E-state index is -1.18. The summed E-state index contributed by atoms with van der Waals surface area (Å²) >= 11 is 1.38. The number of aromatic carboxylic acids is 1. The molecule has 7 heteroatoms. The first-order chi connectivity index (χ1) is 9.08. The average Bonchev–Trinajstić information content (AvgIpc) is 2.89. The van der Waals surface area contributed by atoms with E-state index < -0.39 is 10.9 Å². The van der Waals surface area contributed by atoms with E-state index >= 15 is 0 Å². The Balaban J connectivity index is 2.14. The number of carboxylic acids is 1. The highest BCUT2D eigenvalue weighted by Gasteiger charge is 2.20. The molecule has 0 amide bonds. The van der Waals surface area contributed by atoms with Crippen molar-refractivity contribution in [3.8, 4) is 0 Å². The highest BCUT2D eigenvalue weighted by molar-refractivity contribution is 7.99. The van der Waals surface area contributed by atoms with E-state index in [-0.39, 0.29) is 11.3 Å². The predicted molar refractivity (Wildman–Crippen MR) is 70.5 cm³/mol. The van der Waals surface area contributed by atoms with E-state index in [2.05, 4.69) is 4.98 Å². The molecule has 0 bridgehead atoms. The summed E-state index contributed by atoms with van der Waals surface area (Å²) in [6.07, 6.45) is 5.91. The molecule has 0 aliphatic heterocycles. The molecular weight excluding hydrogens is 268 g/mol. The van der Waals surface area contributed by atoms with Crippen LogP contribution in [0, 0.1) is 16.0 Å². The highest BCUT2D eigenvalue weighted by Crippen LogP contribution is 2.32. The standard InChI is InChI=1S/C12H14N2O4S/c15-12(16)10-5-9(14(17)18)6-13-11(10)19-7-8-3-1-2-4-8/h5-6,8H,1-4,7H2,(H,15,16). The fraction of sp³-hybridized carbons (Fsp3) is 0.500. The molecule has 1 N–H and O–H groups in total. The number of hydrogen-bond acceptors (Lipinski definition) is 5. The van der Waals surface area contributed by atoms with Crippen molar-refractivity contribution in [2.24, 2.45) is 5.92 Å². The van der Waals surface area contributed by atoms with Crippen LogP contribution in [0.25, 0.3) is 0 Å². The summed E-state index contributed by atoms with van der Waals surface area (Å²) in [7, 11) is 0. The number of rotatable bonds is 5. The van der Waals surface area contributed by atoms with Crippen LogP contribution in [0.15, 0.2) is 17.3 Å². The minimum absolute atomic E-state index is 0.0859. The predicted octanol–water partition coefficient (Wildman–Crippen LogP) is 2.97. The third kappa shape index (κ3) is 3.44. The monoisotopic (exact) mass is 282 g/mol. The molecule has 1 fully saturated rings. The van der Waals surface area contributed by atoms with E-state index in [1.807, 2.05) is 0 Å². The van der Waals surface area contributed by atoms with Gasteiger partial charge in [-0.15, -0.1) is 11.8 Å². The van der Waals surface area contributed by atoms with Gasteiger partial charge in [0, 0.05) is 11.8 Å². The normalized spacial score (nSPS) is 15.6. The van der Waals surface area contributed by atoms with Gasteiger partial charge in [0.1, 0.15) is 11.2 Å². The first-order valence-corrected chi connectivity index (χ1v) is 7.07. The molecule has 6 nitrogen and oxygen atoms in total. The summed E-state index contributed by atoms with van der Waals surface area (Å²) in [6, 6.07) is 1.08. The number of carboxylic acid groups (broad SMARTS) is 1. The van der Waals surface area contributed by atoms with Gasteiger partial charge in [0.25, 0.3) is 5.69 Å². The van der Waals surface area contributed by atoms with Crippen LogP contribution in [0.2, 0.25) is 0 Å². The molecular formula is C12H14N2O4S. The van der Waals surface area contributed by atoms with Gasteiger partial charge < -0.3 is 5.11 Å². The largest absolute Gasteiger partial charge is 0.478 e. The topological polar surface area (TPSA) is 93.3 Å². The van der Waals surface area contributed by atoms with Gasteiger partial charge in [-0.05, 0) is 18.8 Å². The quantitative estimate of drug-likeness (QED) is 0.507. The van der Waals surface area contributed by atoms with Crippen molar-refractivity contribution in [1.29, 1.82) is 0 Å². The number of hydrogen-bond donors (Lipinski definition) is 1. The van der Waals surface area contributed by atoms with Crippen LogP contribution in [0.1, 0.15) is 36.0 Å². The molecule has 0 atom stereocenters. The third-order valence-electron chi connectivity index (χ3n) is 3.21. The average molecular weight is 282 g/mol. The maximum Gasteiger partial charge on any atom is 0.338 e. The summed E-state index contributed by atoms with van der Waals surface area (Å²) in [5.74, 6) is 0.249. The van der Waals surface area contributed by atoms with Gasteiger partial charge in [-0.1, -0.05) is 12.8 Å². The number of pyridine rings is 1. The number of carbonyl (C=O) groups is 1. The molecule has 0 unspecified atom stereocenters. The Labute approximate surface area is 114 Å². The molecule has 1 aliphatic rings. The van der Waals surface area contributed by atoms with Gasteiger partial charge >= 0.3 is 5.97 Å². The second-order valence-electron chi connectivity index (χ2n) is 4.57. The van der Waals surface area contributed by atoms with Gasteiger partial charge in [0.05, 0.1) is 10.5 Å². The van der Waals surface area contributed by atoms with Crippen LogP contribution in [-0.4, -0.2) is 26.7 Å². The number of nitro groups is 1. The number of thioether (sulfide) groups is 1. The van der Waals surface area contributed by atoms with Crippen molar-refractivity contribution in [3.05, 3.63) is 27.9 Å². The zero-order valence-corrected chi connectivity index (χ0v) is 11.1. The van der Waals surface area contributed by atoms with Crippen molar-refractivity contribution < 1.29 is 14.8 Å². The van der Waals surface area contributed by atoms with Crippen molar-refractivity contribution >= 4 is 23.4 Å². The Morgan fingerprint density at radius 2 is 2.21 bits per heavy atom. The first-order valence-electron chi connectivity index (χ1n) is 6.08. The van der Waals surface area contributed by atoms with Crippen LogP contribution in [0.4, 0.5) is 5.69 Å². The van der Waals surface area contributed by atoms with Crippen LogP contribution >= 0.6 is 11.8 Å². The van der Waals surface area contributed by atoms with E-state index in [4.69, 9.17) is 5.11 Å². The lowest BCUT2D eigenvalue weighted by Crippen LogP contribution is -2.05. The van der Waals surface area contributed by atoms with Gasteiger partial charge in [-0.25, -0.2) is 9.78 Å². The molecule has 0 aromatic carbocycles. The van der Waals surface area contributed by atoms with Gasteiger partial charge in [-0.2, -0.15) is 0 Å². The molecule has 0 saturated heterocycles. The van der Waals surface area contributed by atoms with Gasteiger partial charge in [-0.3, -0.25) is 10.1 Å². The fourth-order valence-electron chi connectivity index (χ4n) is 2.18.